The number of nitrogens with two attached hydrogens (primary N) is 1. The zero-order chi connectivity index (χ0) is 13.1. The molecule has 0 aromatic heterocycles. The Morgan fingerprint density at radius 1 is 1.06 bits per heavy atom. The molecule has 18 heavy (non-hydrogen) atoms. The second kappa shape index (κ2) is 5.50. The summed E-state index contributed by atoms with van der Waals surface area (Å²) in [4.78, 5) is 1.12. The Hall–Kier alpha value is -1.39. The Labute approximate surface area is 109 Å². The Morgan fingerprint density at radius 3 is 2.28 bits per heavy atom. The van der Waals surface area contributed by atoms with E-state index in [9.17, 15) is 8.78 Å². The van der Waals surface area contributed by atoms with Crippen LogP contribution in [0.3, 0.4) is 0 Å². The van der Waals surface area contributed by atoms with Crippen LogP contribution in [0.25, 0.3) is 0 Å². The van der Waals surface area contributed by atoms with Crippen LogP contribution in [-0.4, -0.2) is 6.26 Å². The summed E-state index contributed by atoms with van der Waals surface area (Å²) in [5.74, 6) is -1.21. The molecule has 0 spiro atoms. The van der Waals surface area contributed by atoms with Gasteiger partial charge in [0.1, 0.15) is 11.6 Å². The lowest BCUT2D eigenvalue weighted by atomic mass is 9.99. The van der Waals surface area contributed by atoms with Gasteiger partial charge in [0, 0.05) is 16.5 Å². The van der Waals surface area contributed by atoms with E-state index in [1.807, 2.05) is 30.5 Å². The minimum Gasteiger partial charge on any atom is -0.320 e. The minimum atomic E-state index is -0.614. The summed E-state index contributed by atoms with van der Waals surface area (Å²) < 4.78 is 26.4. The maximum atomic E-state index is 13.6. The zero-order valence-corrected chi connectivity index (χ0v) is 10.7. The fraction of sp³-hybridized carbons (Fsp3) is 0.143. The summed E-state index contributed by atoms with van der Waals surface area (Å²) in [6.45, 7) is 0. The summed E-state index contributed by atoms with van der Waals surface area (Å²) in [5.41, 5.74) is 7.09. The summed E-state index contributed by atoms with van der Waals surface area (Å²) >= 11 is 1.63. The lowest BCUT2D eigenvalue weighted by molar-refractivity contribution is 0.566. The van der Waals surface area contributed by atoms with Crippen molar-refractivity contribution in [2.75, 3.05) is 6.26 Å². The van der Waals surface area contributed by atoms with E-state index in [2.05, 4.69) is 0 Å². The van der Waals surface area contributed by atoms with Gasteiger partial charge in [-0.15, -0.1) is 11.8 Å². The lowest BCUT2D eigenvalue weighted by Gasteiger charge is -2.13. The van der Waals surface area contributed by atoms with Gasteiger partial charge in [-0.1, -0.05) is 18.2 Å². The average Bonchev–Trinajstić information content (AvgIpc) is 2.38. The molecule has 0 bridgehead atoms. The molecule has 94 valence electrons. The van der Waals surface area contributed by atoms with E-state index in [0.717, 1.165) is 16.5 Å². The molecule has 1 nitrogen and oxygen atoms in total. The van der Waals surface area contributed by atoms with Gasteiger partial charge in [0.25, 0.3) is 0 Å². The normalized spacial score (nSPS) is 12.4. The molecule has 0 aliphatic rings. The van der Waals surface area contributed by atoms with Crippen LogP contribution >= 0.6 is 11.8 Å². The van der Waals surface area contributed by atoms with E-state index >= 15 is 0 Å². The summed E-state index contributed by atoms with van der Waals surface area (Å²) in [5, 5.41) is 0. The van der Waals surface area contributed by atoms with Crippen molar-refractivity contribution in [1.82, 2.24) is 0 Å². The van der Waals surface area contributed by atoms with E-state index in [1.54, 1.807) is 11.8 Å². The predicted molar refractivity (Wildman–Crippen MR) is 70.6 cm³/mol. The first kappa shape index (κ1) is 13.1. The Bertz CT molecular complexity index is 540. The van der Waals surface area contributed by atoms with Gasteiger partial charge in [-0.05, 0) is 30.0 Å². The molecule has 0 saturated heterocycles. The third-order valence-corrected chi connectivity index (χ3v) is 3.52. The SMILES string of the molecule is CSc1ccc(C(N)c2ccc(F)cc2F)cc1. The molecular weight excluding hydrogens is 252 g/mol. The third kappa shape index (κ3) is 2.71. The van der Waals surface area contributed by atoms with E-state index in [4.69, 9.17) is 5.73 Å². The summed E-state index contributed by atoms with van der Waals surface area (Å²) in [7, 11) is 0. The number of hydrogen-bond donors (Lipinski definition) is 1. The van der Waals surface area contributed by atoms with E-state index in [1.165, 1.54) is 12.1 Å². The van der Waals surface area contributed by atoms with Crippen LogP contribution in [0.15, 0.2) is 47.4 Å². The highest BCUT2D eigenvalue weighted by atomic mass is 32.2. The Morgan fingerprint density at radius 2 is 1.72 bits per heavy atom. The molecular formula is C14H13F2NS. The molecule has 0 radical (unpaired) electrons. The van der Waals surface area contributed by atoms with Crippen LogP contribution in [-0.2, 0) is 0 Å². The fourth-order valence-corrected chi connectivity index (χ4v) is 2.15. The van der Waals surface area contributed by atoms with E-state index in [-0.39, 0.29) is 0 Å². The molecule has 0 saturated carbocycles. The largest absolute Gasteiger partial charge is 0.320 e. The predicted octanol–water partition coefficient (Wildman–Crippen LogP) is 3.73. The van der Waals surface area contributed by atoms with Gasteiger partial charge in [0.05, 0.1) is 6.04 Å². The van der Waals surface area contributed by atoms with Crippen molar-refractivity contribution in [1.29, 1.82) is 0 Å². The first-order valence-electron chi connectivity index (χ1n) is 5.46. The highest BCUT2D eigenvalue weighted by Crippen LogP contribution is 2.24. The maximum Gasteiger partial charge on any atom is 0.131 e. The molecule has 0 amide bonds. The molecule has 2 rings (SSSR count). The third-order valence-electron chi connectivity index (χ3n) is 2.77. The molecule has 0 aliphatic carbocycles. The molecule has 1 unspecified atom stereocenters. The number of benzene rings is 2. The van der Waals surface area contributed by atoms with E-state index in [0.29, 0.717) is 5.56 Å². The fourth-order valence-electron chi connectivity index (χ4n) is 1.74. The van der Waals surface area contributed by atoms with Crippen LogP contribution in [0.1, 0.15) is 17.2 Å². The minimum absolute atomic E-state index is 0.299. The van der Waals surface area contributed by atoms with Crippen molar-refractivity contribution < 1.29 is 8.78 Å². The van der Waals surface area contributed by atoms with Gasteiger partial charge >= 0.3 is 0 Å². The monoisotopic (exact) mass is 265 g/mol. The zero-order valence-electron chi connectivity index (χ0n) is 9.86. The van der Waals surface area contributed by atoms with Gasteiger partial charge in [-0.25, -0.2) is 8.78 Å². The van der Waals surface area contributed by atoms with Crippen LogP contribution in [0.2, 0.25) is 0 Å². The molecule has 1 atom stereocenters. The van der Waals surface area contributed by atoms with Gasteiger partial charge in [-0.2, -0.15) is 0 Å². The first-order valence-corrected chi connectivity index (χ1v) is 6.69. The van der Waals surface area contributed by atoms with Gasteiger partial charge in [0.2, 0.25) is 0 Å². The van der Waals surface area contributed by atoms with Crippen LogP contribution in [0, 0.1) is 11.6 Å². The molecule has 2 N–H and O–H groups in total. The first-order chi connectivity index (χ1) is 8.61. The standard InChI is InChI=1S/C14H13F2NS/c1-18-11-5-2-9(3-6-11)14(17)12-7-4-10(15)8-13(12)16/h2-8,14H,17H2,1H3. The average molecular weight is 265 g/mol. The second-order valence-corrected chi connectivity index (χ2v) is 4.80. The second-order valence-electron chi connectivity index (χ2n) is 3.92. The number of halogens is 2. The van der Waals surface area contributed by atoms with Crippen LogP contribution in [0.4, 0.5) is 8.78 Å². The van der Waals surface area contributed by atoms with Crippen molar-refractivity contribution in [3.05, 3.63) is 65.2 Å². The number of thioether (sulfide) groups is 1. The Kier molecular flexibility index (Phi) is 3.99. The Balaban J connectivity index is 2.31. The molecule has 0 heterocycles. The van der Waals surface area contributed by atoms with Crippen molar-refractivity contribution >= 4 is 11.8 Å². The quantitative estimate of drug-likeness (QED) is 0.856. The highest BCUT2D eigenvalue weighted by Gasteiger charge is 2.14. The smallest absolute Gasteiger partial charge is 0.131 e. The number of hydrogen-bond acceptors (Lipinski definition) is 2. The van der Waals surface area contributed by atoms with Gasteiger partial charge in [-0.3, -0.25) is 0 Å². The lowest BCUT2D eigenvalue weighted by Crippen LogP contribution is -2.13. The van der Waals surface area contributed by atoms with E-state index < -0.39 is 17.7 Å². The van der Waals surface area contributed by atoms with Crippen molar-refractivity contribution in [3.63, 3.8) is 0 Å². The summed E-state index contributed by atoms with van der Waals surface area (Å²) in [6, 6.07) is 10.5. The topological polar surface area (TPSA) is 26.0 Å². The van der Waals surface area contributed by atoms with Crippen molar-refractivity contribution in [2.24, 2.45) is 5.73 Å². The molecule has 2 aromatic carbocycles. The van der Waals surface area contributed by atoms with Gasteiger partial charge < -0.3 is 5.73 Å². The van der Waals surface area contributed by atoms with Crippen molar-refractivity contribution in [3.8, 4) is 0 Å². The highest BCUT2D eigenvalue weighted by molar-refractivity contribution is 7.98. The summed E-state index contributed by atoms with van der Waals surface area (Å²) in [6.07, 6.45) is 1.98. The number of rotatable bonds is 3. The van der Waals surface area contributed by atoms with Crippen molar-refractivity contribution in [2.45, 2.75) is 10.9 Å². The van der Waals surface area contributed by atoms with Crippen LogP contribution < -0.4 is 5.73 Å². The molecule has 0 fully saturated rings. The maximum absolute atomic E-state index is 13.6. The van der Waals surface area contributed by atoms with Crippen LogP contribution in [0.5, 0.6) is 0 Å². The van der Waals surface area contributed by atoms with Gasteiger partial charge in [0.15, 0.2) is 0 Å². The molecule has 0 aliphatic heterocycles. The molecule has 2 aromatic rings. The molecule has 4 heteroatoms.